The fourth-order valence-electron chi connectivity index (χ4n) is 4.10. The molecule has 0 aromatic heterocycles. The molecule has 3 fully saturated rings. The van der Waals surface area contributed by atoms with Gasteiger partial charge in [-0.25, -0.2) is 0 Å². The third-order valence-electron chi connectivity index (χ3n) is 5.16. The molecular formula is C16H26N2O2S. The van der Waals surface area contributed by atoms with Crippen molar-refractivity contribution in [2.45, 2.75) is 69.2 Å². The Bertz CT molecular complexity index is 415. The first-order valence-corrected chi connectivity index (χ1v) is 9.47. The van der Waals surface area contributed by atoms with Crippen LogP contribution >= 0.6 is 11.8 Å². The van der Waals surface area contributed by atoms with E-state index >= 15 is 0 Å². The molecule has 2 amide bonds. The van der Waals surface area contributed by atoms with Crippen molar-refractivity contribution in [1.29, 1.82) is 0 Å². The number of hydrogen-bond acceptors (Lipinski definition) is 3. The number of thioether (sulfide) groups is 1. The molecule has 1 saturated carbocycles. The van der Waals surface area contributed by atoms with Crippen molar-refractivity contribution in [3.63, 3.8) is 0 Å². The van der Waals surface area contributed by atoms with E-state index in [0.29, 0.717) is 24.3 Å². The maximum absolute atomic E-state index is 12.9. The normalized spacial score (nSPS) is 34.0. The molecule has 0 bridgehead atoms. The van der Waals surface area contributed by atoms with Crippen molar-refractivity contribution in [3.05, 3.63) is 0 Å². The standard InChI is InChI=1S/C16H26N2O2S/c1-2-21-13-7-6-12(11-13)17-10-8-15(19)18-9-4-3-5-14(18)16(17)20/h12-14H,2-11H2,1H3. The van der Waals surface area contributed by atoms with Gasteiger partial charge in [-0.1, -0.05) is 6.92 Å². The minimum atomic E-state index is -0.161. The molecule has 3 unspecified atom stereocenters. The van der Waals surface area contributed by atoms with Crippen LogP contribution < -0.4 is 0 Å². The molecule has 3 aliphatic rings. The molecule has 21 heavy (non-hydrogen) atoms. The van der Waals surface area contributed by atoms with Crippen LogP contribution in [0, 0.1) is 0 Å². The zero-order chi connectivity index (χ0) is 14.8. The van der Waals surface area contributed by atoms with E-state index in [9.17, 15) is 9.59 Å². The second-order valence-electron chi connectivity index (χ2n) is 6.42. The summed E-state index contributed by atoms with van der Waals surface area (Å²) >= 11 is 2.02. The smallest absolute Gasteiger partial charge is 0.245 e. The van der Waals surface area contributed by atoms with Gasteiger partial charge in [-0.05, 0) is 44.3 Å². The molecule has 4 nitrogen and oxygen atoms in total. The molecule has 2 heterocycles. The summed E-state index contributed by atoms with van der Waals surface area (Å²) in [5.41, 5.74) is 0. The van der Waals surface area contributed by atoms with E-state index in [4.69, 9.17) is 0 Å². The molecule has 2 saturated heterocycles. The second kappa shape index (κ2) is 6.59. The number of piperidine rings is 1. The van der Waals surface area contributed by atoms with Crippen LogP contribution in [-0.4, -0.2) is 57.8 Å². The largest absolute Gasteiger partial charge is 0.337 e. The van der Waals surface area contributed by atoms with Gasteiger partial charge in [-0.2, -0.15) is 11.8 Å². The maximum atomic E-state index is 12.9. The third kappa shape index (κ3) is 3.08. The van der Waals surface area contributed by atoms with Crippen LogP contribution in [0.5, 0.6) is 0 Å². The van der Waals surface area contributed by atoms with E-state index in [1.165, 1.54) is 6.42 Å². The summed E-state index contributed by atoms with van der Waals surface area (Å²) in [5.74, 6) is 1.57. The number of rotatable bonds is 3. The topological polar surface area (TPSA) is 40.6 Å². The molecule has 1 aliphatic carbocycles. The average Bonchev–Trinajstić information content (AvgIpc) is 2.91. The summed E-state index contributed by atoms with van der Waals surface area (Å²) in [6.45, 7) is 3.62. The number of fused-ring (bicyclic) bond motifs is 1. The van der Waals surface area contributed by atoms with Crippen molar-refractivity contribution in [3.8, 4) is 0 Å². The van der Waals surface area contributed by atoms with Crippen molar-refractivity contribution < 1.29 is 9.59 Å². The average molecular weight is 310 g/mol. The molecule has 3 rings (SSSR count). The van der Waals surface area contributed by atoms with Crippen LogP contribution in [0.25, 0.3) is 0 Å². The van der Waals surface area contributed by atoms with Crippen LogP contribution in [0.3, 0.4) is 0 Å². The molecule has 3 atom stereocenters. The Labute approximate surface area is 131 Å². The predicted octanol–water partition coefficient (Wildman–Crippen LogP) is 2.27. The Balaban J connectivity index is 1.71. The van der Waals surface area contributed by atoms with E-state index in [-0.39, 0.29) is 17.9 Å². The van der Waals surface area contributed by atoms with Crippen molar-refractivity contribution >= 4 is 23.6 Å². The van der Waals surface area contributed by atoms with Gasteiger partial charge in [0.15, 0.2) is 0 Å². The maximum Gasteiger partial charge on any atom is 0.245 e. The van der Waals surface area contributed by atoms with Crippen LogP contribution in [-0.2, 0) is 9.59 Å². The van der Waals surface area contributed by atoms with Crippen molar-refractivity contribution in [2.24, 2.45) is 0 Å². The molecule has 0 spiro atoms. The highest BCUT2D eigenvalue weighted by molar-refractivity contribution is 7.99. The van der Waals surface area contributed by atoms with E-state index in [0.717, 1.165) is 44.4 Å². The Hall–Kier alpha value is -0.710. The van der Waals surface area contributed by atoms with Gasteiger partial charge in [-0.15, -0.1) is 0 Å². The van der Waals surface area contributed by atoms with Crippen LogP contribution in [0.2, 0.25) is 0 Å². The first-order chi connectivity index (χ1) is 10.2. The zero-order valence-corrected chi connectivity index (χ0v) is 13.7. The van der Waals surface area contributed by atoms with Gasteiger partial charge >= 0.3 is 0 Å². The van der Waals surface area contributed by atoms with Gasteiger partial charge < -0.3 is 9.80 Å². The van der Waals surface area contributed by atoms with E-state index in [1.807, 2.05) is 16.7 Å². The first-order valence-electron chi connectivity index (χ1n) is 8.42. The van der Waals surface area contributed by atoms with Gasteiger partial charge in [0.1, 0.15) is 6.04 Å². The van der Waals surface area contributed by atoms with E-state index in [1.54, 1.807) is 0 Å². The Kier molecular flexibility index (Phi) is 4.77. The minimum absolute atomic E-state index is 0.161. The van der Waals surface area contributed by atoms with E-state index in [2.05, 4.69) is 11.8 Å². The molecule has 0 N–H and O–H groups in total. The summed E-state index contributed by atoms with van der Waals surface area (Å²) in [4.78, 5) is 29.1. The highest BCUT2D eigenvalue weighted by Gasteiger charge is 2.41. The number of carbonyl (C=O) groups excluding carboxylic acids is 2. The summed E-state index contributed by atoms with van der Waals surface area (Å²) in [6, 6.07) is 0.211. The van der Waals surface area contributed by atoms with Gasteiger partial charge in [-0.3, -0.25) is 9.59 Å². The van der Waals surface area contributed by atoms with Crippen molar-refractivity contribution in [2.75, 3.05) is 18.8 Å². The number of amides is 2. The van der Waals surface area contributed by atoms with Crippen molar-refractivity contribution in [1.82, 2.24) is 9.80 Å². The predicted molar refractivity (Wildman–Crippen MR) is 85.2 cm³/mol. The number of carbonyl (C=O) groups is 2. The fourth-order valence-corrected chi connectivity index (χ4v) is 5.23. The summed E-state index contributed by atoms with van der Waals surface area (Å²) in [5, 5.41) is 0.703. The Morgan fingerprint density at radius 2 is 1.95 bits per heavy atom. The zero-order valence-electron chi connectivity index (χ0n) is 12.9. The Morgan fingerprint density at radius 3 is 2.76 bits per heavy atom. The van der Waals surface area contributed by atoms with Gasteiger partial charge in [0.05, 0.1) is 0 Å². The lowest BCUT2D eigenvalue weighted by molar-refractivity contribution is -0.144. The quantitative estimate of drug-likeness (QED) is 0.803. The molecule has 0 aromatic carbocycles. The molecule has 0 aromatic rings. The lowest BCUT2D eigenvalue weighted by Gasteiger charge is -2.36. The lowest BCUT2D eigenvalue weighted by atomic mass is 10.0. The summed E-state index contributed by atoms with van der Waals surface area (Å²) < 4.78 is 0. The highest BCUT2D eigenvalue weighted by Crippen LogP contribution is 2.34. The van der Waals surface area contributed by atoms with Crippen LogP contribution in [0.1, 0.15) is 51.9 Å². The first kappa shape index (κ1) is 15.2. The number of hydrogen-bond donors (Lipinski definition) is 0. The van der Waals surface area contributed by atoms with Gasteiger partial charge in [0.2, 0.25) is 11.8 Å². The lowest BCUT2D eigenvalue weighted by Crippen LogP contribution is -2.51. The summed E-state index contributed by atoms with van der Waals surface area (Å²) in [7, 11) is 0. The molecule has 0 radical (unpaired) electrons. The van der Waals surface area contributed by atoms with Gasteiger partial charge in [0, 0.05) is 30.8 Å². The van der Waals surface area contributed by atoms with Crippen LogP contribution in [0.15, 0.2) is 0 Å². The third-order valence-corrected chi connectivity index (χ3v) is 6.39. The molecule has 118 valence electrons. The molecule has 2 aliphatic heterocycles. The molecular weight excluding hydrogens is 284 g/mol. The fraction of sp³-hybridized carbons (Fsp3) is 0.875. The summed E-state index contributed by atoms with van der Waals surface area (Å²) in [6.07, 6.45) is 6.96. The minimum Gasteiger partial charge on any atom is -0.337 e. The van der Waals surface area contributed by atoms with Gasteiger partial charge in [0.25, 0.3) is 0 Å². The second-order valence-corrected chi connectivity index (χ2v) is 8.00. The monoisotopic (exact) mass is 310 g/mol. The molecule has 5 heteroatoms. The number of nitrogens with zero attached hydrogens (tertiary/aromatic N) is 2. The van der Waals surface area contributed by atoms with E-state index < -0.39 is 0 Å². The SMILES string of the molecule is CCSC1CCC(N2CCC(=O)N3CCCCC3C2=O)C1. The Morgan fingerprint density at radius 1 is 1.10 bits per heavy atom. The van der Waals surface area contributed by atoms with Crippen LogP contribution in [0.4, 0.5) is 0 Å². The highest BCUT2D eigenvalue weighted by atomic mass is 32.2.